The molecule has 0 bridgehead atoms. The SMILES string of the molecule is O=C1CC=CC2=C1NCNC2. The Balaban J connectivity index is 2.35. The van der Waals surface area contributed by atoms with Crippen LogP contribution in [0.5, 0.6) is 0 Å². The van der Waals surface area contributed by atoms with Crippen molar-refractivity contribution >= 4 is 5.78 Å². The van der Waals surface area contributed by atoms with Gasteiger partial charge >= 0.3 is 0 Å². The quantitative estimate of drug-likeness (QED) is 0.507. The number of nitrogens with one attached hydrogen (secondary N) is 2. The molecule has 2 N–H and O–H groups in total. The molecular weight excluding hydrogens is 140 g/mol. The zero-order valence-electron chi connectivity index (χ0n) is 6.18. The molecule has 0 amide bonds. The Bertz CT molecular complexity index is 253. The van der Waals surface area contributed by atoms with E-state index >= 15 is 0 Å². The molecule has 3 heteroatoms. The average molecular weight is 150 g/mol. The van der Waals surface area contributed by atoms with Crippen molar-refractivity contribution in [3.8, 4) is 0 Å². The summed E-state index contributed by atoms with van der Waals surface area (Å²) < 4.78 is 0. The van der Waals surface area contributed by atoms with Gasteiger partial charge in [0, 0.05) is 13.0 Å². The van der Waals surface area contributed by atoms with E-state index in [4.69, 9.17) is 0 Å². The Hall–Kier alpha value is -1.09. The Morgan fingerprint density at radius 3 is 3.18 bits per heavy atom. The first-order valence-corrected chi connectivity index (χ1v) is 3.75. The van der Waals surface area contributed by atoms with Crippen molar-refractivity contribution in [2.24, 2.45) is 0 Å². The van der Waals surface area contributed by atoms with Crippen LogP contribution in [0.25, 0.3) is 0 Å². The summed E-state index contributed by atoms with van der Waals surface area (Å²) in [7, 11) is 0. The van der Waals surface area contributed by atoms with Crippen LogP contribution in [0, 0.1) is 0 Å². The lowest BCUT2D eigenvalue weighted by Crippen LogP contribution is -2.39. The molecule has 1 heterocycles. The maximum Gasteiger partial charge on any atom is 0.182 e. The van der Waals surface area contributed by atoms with Crippen molar-refractivity contribution in [3.05, 3.63) is 23.4 Å². The highest BCUT2D eigenvalue weighted by molar-refractivity contribution is 5.98. The summed E-state index contributed by atoms with van der Waals surface area (Å²) in [6, 6.07) is 0. The Morgan fingerprint density at radius 1 is 1.45 bits per heavy atom. The number of hydrogen-bond donors (Lipinski definition) is 2. The van der Waals surface area contributed by atoms with Crippen molar-refractivity contribution in [1.29, 1.82) is 0 Å². The van der Waals surface area contributed by atoms with Crippen LogP contribution < -0.4 is 10.6 Å². The van der Waals surface area contributed by atoms with Crippen LogP contribution in [0.1, 0.15) is 6.42 Å². The van der Waals surface area contributed by atoms with Gasteiger partial charge in [-0.1, -0.05) is 12.2 Å². The third-order valence-electron chi connectivity index (χ3n) is 1.93. The first-order chi connectivity index (χ1) is 5.38. The van der Waals surface area contributed by atoms with Gasteiger partial charge in [-0.05, 0) is 5.57 Å². The number of rotatable bonds is 0. The molecule has 0 unspecified atom stereocenters. The molecule has 58 valence electrons. The molecule has 3 nitrogen and oxygen atoms in total. The van der Waals surface area contributed by atoms with Crippen LogP contribution in [0.15, 0.2) is 23.4 Å². The topological polar surface area (TPSA) is 41.1 Å². The monoisotopic (exact) mass is 150 g/mol. The van der Waals surface area contributed by atoms with E-state index in [2.05, 4.69) is 10.6 Å². The summed E-state index contributed by atoms with van der Waals surface area (Å²) in [5, 5.41) is 6.17. The van der Waals surface area contributed by atoms with Crippen LogP contribution in [0.3, 0.4) is 0 Å². The van der Waals surface area contributed by atoms with Gasteiger partial charge in [0.2, 0.25) is 0 Å². The van der Waals surface area contributed by atoms with Gasteiger partial charge in [0.1, 0.15) is 0 Å². The van der Waals surface area contributed by atoms with E-state index < -0.39 is 0 Å². The van der Waals surface area contributed by atoms with Crippen molar-refractivity contribution in [2.45, 2.75) is 6.42 Å². The van der Waals surface area contributed by atoms with E-state index in [1.807, 2.05) is 12.2 Å². The van der Waals surface area contributed by atoms with Crippen LogP contribution in [0.4, 0.5) is 0 Å². The van der Waals surface area contributed by atoms with E-state index in [-0.39, 0.29) is 5.78 Å². The minimum atomic E-state index is 0.212. The second kappa shape index (κ2) is 2.51. The Morgan fingerprint density at radius 2 is 2.36 bits per heavy atom. The molecule has 1 aliphatic heterocycles. The molecule has 0 fully saturated rings. The Labute approximate surface area is 65.2 Å². The van der Waals surface area contributed by atoms with Gasteiger partial charge in [0.05, 0.1) is 12.4 Å². The van der Waals surface area contributed by atoms with Crippen molar-refractivity contribution in [2.75, 3.05) is 13.2 Å². The molecule has 0 spiro atoms. The van der Waals surface area contributed by atoms with Gasteiger partial charge in [0.25, 0.3) is 0 Å². The number of hydrogen-bond acceptors (Lipinski definition) is 3. The highest BCUT2D eigenvalue weighted by Gasteiger charge is 2.18. The maximum absolute atomic E-state index is 11.2. The van der Waals surface area contributed by atoms with Gasteiger partial charge in [-0.3, -0.25) is 10.1 Å². The summed E-state index contributed by atoms with van der Waals surface area (Å²) in [4.78, 5) is 11.2. The van der Waals surface area contributed by atoms with Gasteiger partial charge < -0.3 is 5.32 Å². The predicted octanol–water partition coefficient (Wildman–Crippen LogP) is -0.0802. The molecule has 0 aromatic rings. The van der Waals surface area contributed by atoms with Crippen LogP contribution in [-0.4, -0.2) is 19.0 Å². The number of carbonyl (C=O) groups excluding carboxylic acids is 1. The summed E-state index contributed by atoms with van der Waals surface area (Å²) in [5.74, 6) is 0.212. The first-order valence-electron chi connectivity index (χ1n) is 3.75. The minimum Gasteiger partial charge on any atom is -0.369 e. The molecule has 0 aromatic heterocycles. The number of Topliss-reactive ketones (excluding diaryl/α,β-unsaturated/α-hetero) is 1. The van der Waals surface area contributed by atoms with E-state index in [0.29, 0.717) is 13.1 Å². The lowest BCUT2D eigenvalue weighted by Gasteiger charge is -2.22. The summed E-state index contributed by atoms with van der Waals surface area (Å²) in [5.41, 5.74) is 1.90. The van der Waals surface area contributed by atoms with Crippen molar-refractivity contribution < 1.29 is 4.79 Å². The van der Waals surface area contributed by atoms with Gasteiger partial charge in [0.15, 0.2) is 5.78 Å². The predicted molar refractivity (Wildman–Crippen MR) is 41.8 cm³/mol. The normalized spacial score (nSPS) is 23.1. The van der Waals surface area contributed by atoms with E-state index in [1.165, 1.54) is 0 Å². The fourth-order valence-corrected chi connectivity index (χ4v) is 1.38. The van der Waals surface area contributed by atoms with E-state index in [9.17, 15) is 4.79 Å². The molecule has 0 aromatic carbocycles. The lowest BCUT2D eigenvalue weighted by molar-refractivity contribution is -0.115. The number of allylic oxidation sites excluding steroid dienone is 2. The fourth-order valence-electron chi connectivity index (χ4n) is 1.38. The molecule has 11 heavy (non-hydrogen) atoms. The maximum atomic E-state index is 11.2. The third kappa shape index (κ3) is 1.07. The summed E-state index contributed by atoms with van der Waals surface area (Å²) >= 11 is 0. The number of carbonyl (C=O) groups is 1. The average Bonchev–Trinajstić information content (AvgIpc) is 2.06. The van der Waals surface area contributed by atoms with Crippen molar-refractivity contribution in [1.82, 2.24) is 10.6 Å². The summed E-state index contributed by atoms with van der Waals surface area (Å²) in [6.45, 7) is 1.52. The van der Waals surface area contributed by atoms with Gasteiger partial charge in [-0.15, -0.1) is 0 Å². The minimum absolute atomic E-state index is 0.212. The van der Waals surface area contributed by atoms with Gasteiger partial charge in [-0.25, -0.2) is 0 Å². The van der Waals surface area contributed by atoms with Crippen molar-refractivity contribution in [3.63, 3.8) is 0 Å². The van der Waals surface area contributed by atoms with Crippen LogP contribution in [0.2, 0.25) is 0 Å². The second-order valence-electron chi connectivity index (χ2n) is 2.71. The third-order valence-corrected chi connectivity index (χ3v) is 1.93. The molecular formula is C8H10N2O. The van der Waals surface area contributed by atoms with Crippen LogP contribution >= 0.6 is 0 Å². The fraction of sp³-hybridized carbons (Fsp3) is 0.375. The first kappa shape index (κ1) is 6.61. The standard InChI is InChI=1S/C8H10N2O/c11-7-3-1-2-6-4-9-5-10-8(6)7/h1-2,9-10H,3-5H2. The Kier molecular flexibility index (Phi) is 1.51. The zero-order valence-corrected chi connectivity index (χ0v) is 6.18. The molecule has 0 saturated carbocycles. The largest absolute Gasteiger partial charge is 0.369 e. The lowest BCUT2D eigenvalue weighted by atomic mass is 10.0. The molecule has 2 rings (SSSR count). The van der Waals surface area contributed by atoms with Crippen LogP contribution in [-0.2, 0) is 4.79 Å². The second-order valence-corrected chi connectivity index (χ2v) is 2.71. The van der Waals surface area contributed by atoms with E-state index in [1.54, 1.807) is 0 Å². The molecule has 0 atom stereocenters. The number of ketones is 1. The molecule has 0 saturated heterocycles. The highest BCUT2D eigenvalue weighted by Crippen LogP contribution is 2.14. The highest BCUT2D eigenvalue weighted by atomic mass is 16.1. The smallest absolute Gasteiger partial charge is 0.182 e. The van der Waals surface area contributed by atoms with E-state index in [0.717, 1.165) is 17.8 Å². The zero-order chi connectivity index (χ0) is 7.68. The molecule has 0 radical (unpaired) electrons. The summed E-state index contributed by atoms with van der Waals surface area (Å²) in [6.07, 6.45) is 4.47. The molecule has 2 aliphatic rings. The van der Waals surface area contributed by atoms with Gasteiger partial charge in [-0.2, -0.15) is 0 Å². The molecule has 1 aliphatic carbocycles.